The highest BCUT2D eigenvalue weighted by molar-refractivity contribution is 7.61. The maximum absolute atomic E-state index is 12.3. The van der Waals surface area contributed by atoms with Gasteiger partial charge in [-0.1, -0.05) is 0 Å². The van der Waals surface area contributed by atoms with Crippen molar-refractivity contribution in [2.24, 2.45) is 0 Å². The lowest BCUT2D eigenvalue weighted by molar-refractivity contribution is -0.231. The zero-order valence-electron chi connectivity index (χ0n) is 19.9. The number of nitrogen functional groups attached to an aromatic ring is 1. The van der Waals surface area contributed by atoms with Gasteiger partial charge < -0.3 is 50.5 Å². The Labute approximate surface area is 221 Å². The molecular formula is C17H25N5O16P2. The molecule has 10 atom stereocenters. The molecule has 2 aromatic heterocycles. The highest BCUT2D eigenvalue weighted by atomic mass is 31.3. The summed E-state index contributed by atoms with van der Waals surface area (Å²) in [5, 5.41) is 49.5. The van der Waals surface area contributed by atoms with Crippen LogP contribution in [0.4, 0.5) is 5.95 Å². The van der Waals surface area contributed by atoms with Gasteiger partial charge in [-0.05, 0) is 0 Å². The van der Waals surface area contributed by atoms with E-state index in [-0.39, 0.29) is 23.5 Å². The van der Waals surface area contributed by atoms with E-state index >= 15 is 0 Å². The van der Waals surface area contributed by atoms with Crippen LogP contribution in [0.5, 0.6) is 0 Å². The second-order valence-electron chi connectivity index (χ2n) is 8.58. The van der Waals surface area contributed by atoms with E-state index < -0.39 is 89.3 Å². The molecule has 4 heterocycles. The Morgan fingerprint density at radius 3 is 2.45 bits per heavy atom. The number of aliphatic hydroxyl groups excluding tert-OH is 5. The SMILES string of the molecule is Nc1nc2c(ncn2[C@@H]2O[C@H](COP(=O)(O)OP(=O)(O)O[C@H]3O[C@H](CCO)C(=O)[C@@H](O)[C@@H]3O)[C@@H](O)[C@H]2O)c(=O)[nH]1. The minimum atomic E-state index is -5.61. The molecule has 4 rings (SSSR count). The van der Waals surface area contributed by atoms with Gasteiger partial charge >= 0.3 is 15.6 Å². The molecule has 0 aromatic carbocycles. The number of aromatic nitrogens is 4. The van der Waals surface area contributed by atoms with Gasteiger partial charge in [-0.25, -0.2) is 14.1 Å². The molecule has 2 unspecified atom stereocenters. The lowest BCUT2D eigenvalue weighted by Crippen LogP contribution is -2.55. The van der Waals surface area contributed by atoms with Crippen LogP contribution in [-0.4, -0.2) is 117 Å². The number of ketones is 1. The summed E-state index contributed by atoms with van der Waals surface area (Å²) in [5.41, 5.74) is 4.54. The number of nitrogens with two attached hydrogens (primary N) is 1. The quantitative estimate of drug-likeness (QED) is 0.115. The molecule has 0 radical (unpaired) electrons. The number of nitrogens with one attached hydrogen (secondary N) is 1. The monoisotopic (exact) mass is 617 g/mol. The average molecular weight is 617 g/mol. The number of hydrogen-bond donors (Lipinski definition) is 9. The molecule has 2 aliphatic rings. The van der Waals surface area contributed by atoms with E-state index in [1.807, 2.05) is 0 Å². The van der Waals surface area contributed by atoms with Crippen LogP contribution >= 0.6 is 15.6 Å². The predicted octanol–water partition coefficient (Wildman–Crippen LogP) is -4.03. The minimum Gasteiger partial charge on any atom is -0.396 e. The molecule has 10 N–H and O–H groups in total. The fourth-order valence-corrected chi connectivity index (χ4v) is 6.09. The molecule has 0 amide bonds. The molecule has 2 aliphatic heterocycles. The second-order valence-corrected chi connectivity index (χ2v) is 11.6. The smallest absolute Gasteiger partial charge is 0.396 e. The molecule has 0 aliphatic carbocycles. The number of carbonyl (C=O) groups excluding carboxylic acids is 1. The summed E-state index contributed by atoms with van der Waals surface area (Å²) in [5.74, 6) is -1.33. The van der Waals surface area contributed by atoms with E-state index in [9.17, 15) is 48.9 Å². The maximum atomic E-state index is 12.3. The first-order valence-corrected chi connectivity index (χ1v) is 14.2. The Balaban J connectivity index is 1.39. The van der Waals surface area contributed by atoms with Crippen molar-refractivity contribution in [1.29, 1.82) is 0 Å². The van der Waals surface area contributed by atoms with E-state index in [0.717, 1.165) is 10.9 Å². The first-order valence-electron chi connectivity index (χ1n) is 11.2. The lowest BCUT2D eigenvalue weighted by atomic mass is 9.99. The summed E-state index contributed by atoms with van der Waals surface area (Å²) in [6.07, 6.45) is -13.8. The van der Waals surface area contributed by atoms with E-state index in [4.69, 9.17) is 20.3 Å². The number of phosphoric ester groups is 2. The summed E-state index contributed by atoms with van der Waals surface area (Å²) in [6.45, 7) is -1.59. The molecule has 0 spiro atoms. The first-order chi connectivity index (χ1) is 18.6. The van der Waals surface area contributed by atoms with Gasteiger partial charge in [0.1, 0.15) is 36.6 Å². The van der Waals surface area contributed by atoms with Crippen LogP contribution in [0.3, 0.4) is 0 Å². The molecule has 2 fully saturated rings. The van der Waals surface area contributed by atoms with Gasteiger partial charge in [0.05, 0.1) is 12.9 Å². The van der Waals surface area contributed by atoms with Crippen LogP contribution in [0.1, 0.15) is 12.6 Å². The number of Topliss-reactive ketones (excluding diaryl/α,β-unsaturated/α-hetero) is 1. The standard InChI is InChI=1S/C17H25N5O16P2/c18-17-20-13-7(14(29)21-17)19-4-22(13)15-11(27)9(25)6(35-15)3-34-39(30,31)38-40(32,33)37-16-12(28)10(26)8(24)5(36-16)1-2-23/h4-6,9-12,15-16,23,25-28H,1-3H2,(H,30,31)(H,32,33)(H3,18,20,21,29)/t5-,6-,9-,10-,11-,12+,15-,16-/m1/s1. The molecule has 23 heteroatoms. The van der Waals surface area contributed by atoms with Crippen molar-refractivity contribution in [3.8, 4) is 0 Å². The van der Waals surface area contributed by atoms with Crippen LogP contribution < -0.4 is 11.3 Å². The molecule has 0 bridgehead atoms. The zero-order valence-corrected chi connectivity index (χ0v) is 21.7. The van der Waals surface area contributed by atoms with Crippen molar-refractivity contribution in [3.05, 3.63) is 16.7 Å². The van der Waals surface area contributed by atoms with Gasteiger partial charge in [-0.3, -0.25) is 28.2 Å². The van der Waals surface area contributed by atoms with Gasteiger partial charge in [-0.15, -0.1) is 0 Å². The predicted molar refractivity (Wildman–Crippen MR) is 124 cm³/mol. The molecule has 21 nitrogen and oxygen atoms in total. The van der Waals surface area contributed by atoms with Crippen LogP contribution in [0.15, 0.2) is 11.1 Å². The number of fused-ring (bicyclic) bond motifs is 1. The summed E-state index contributed by atoms with van der Waals surface area (Å²) in [7, 11) is -11.1. The highest BCUT2D eigenvalue weighted by Gasteiger charge is 2.49. The normalized spacial score (nSPS) is 34.1. The van der Waals surface area contributed by atoms with Crippen molar-refractivity contribution in [2.75, 3.05) is 18.9 Å². The minimum absolute atomic E-state index is 0.117. The Morgan fingerprint density at radius 2 is 1.77 bits per heavy atom. The van der Waals surface area contributed by atoms with Gasteiger partial charge in [0.2, 0.25) is 5.95 Å². The number of imidazole rings is 1. The fraction of sp³-hybridized carbons (Fsp3) is 0.647. The molecular weight excluding hydrogens is 592 g/mol. The molecule has 2 saturated heterocycles. The third kappa shape index (κ3) is 6.32. The van der Waals surface area contributed by atoms with E-state index in [2.05, 4.69) is 28.3 Å². The number of aromatic amines is 1. The summed E-state index contributed by atoms with van der Waals surface area (Å²) < 4.78 is 49.3. The number of carbonyl (C=O) groups is 1. The van der Waals surface area contributed by atoms with Crippen molar-refractivity contribution < 1.29 is 72.1 Å². The van der Waals surface area contributed by atoms with Gasteiger partial charge in [-0.2, -0.15) is 9.29 Å². The van der Waals surface area contributed by atoms with Crippen molar-refractivity contribution in [2.45, 2.75) is 55.6 Å². The summed E-state index contributed by atoms with van der Waals surface area (Å²) >= 11 is 0. The number of rotatable bonds is 10. The third-order valence-corrected chi connectivity index (χ3v) is 8.41. The van der Waals surface area contributed by atoms with Crippen molar-refractivity contribution in [1.82, 2.24) is 19.5 Å². The zero-order chi connectivity index (χ0) is 29.6. The molecule has 2 aromatic rings. The molecule has 0 saturated carbocycles. The number of hydrogen-bond acceptors (Lipinski definition) is 17. The van der Waals surface area contributed by atoms with E-state index in [1.54, 1.807) is 0 Å². The Kier molecular flexibility index (Phi) is 8.91. The first kappa shape index (κ1) is 30.8. The van der Waals surface area contributed by atoms with Gasteiger partial charge in [0.15, 0.2) is 29.5 Å². The van der Waals surface area contributed by atoms with Crippen LogP contribution in [-0.2, 0) is 36.8 Å². The van der Waals surface area contributed by atoms with Gasteiger partial charge in [0.25, 0.3) is 5.56 Å². The van der Waals surface area contributed by atoms with E-state index in [1.165, 1.54) is 0 Å². The number of nitrogens with zero attached hydrogens (tertiary/aromatic N) is 3. The molecule has 224 valence electrons. The Morgan fingerprint density at radius 1 is 1.07 bits per heavy atom. The third-order valence-electron chi connectivity index (χ3n) is 5.81. The van der Waals surface area contributed by atoms with Gasteiger partial charge in [0, 0.05) is 13.0 Å². The average Bonchev–Trinajstić information content (AvgIpc) is 3.39. The Hall–Kier alpha value is -2.20. The van der Waals surface area contributed by atoms with E-state index in [0.29, 0.717) is 0 Å². The largest absolute Gasteiger partial charge is 0.483 e. The topological polar surface area (TPSA) is 329 Å². The number of anilines is 1. The number of H-pyrrole nitrogens is 1. The fourth-order valence-electron chi connectivity index (χ4n) is 3.93. The highest BCUT2D eigenvalue weighted by Crippen LogP contribution is 2.61. The maximum Gasteiger partial charge on any atom is 0.483 e. The van der Waals surface area contributed by atoms with Crippen LogP contribution in [0, 0.1) is 0 Å². The summed E-state index contributed by atoms with van der Waals surface area (Å²) in [6, 6.07) is 0. The Bertz CT molecular complexity index is 1400. The van der Waals surface area contributed by atoms with Crippen molar-refractivity contribution >= 4 is 38.5 Å². The number of phosphoric acid groups is 2. The number of ether oxygens (including phenoxy) is 2. The lowest BCUT2D eigenvalue weighted by Gasteiger charge is -2.35. The van der Waals surface area contributed by atoms with Crippen LogP contribution in [0.2, 0.25) is 0 Å². The molecule has 40 heavy (non-hydrogen) atoms. The van der Waals surface area contributed by atoms with Crippen molar-refractivity contribution in [3.63, 3.8) is 0 Å². The number of aliphatic hydroxyl groups is 5. The van der Waals surface area contributed by atoms with Crippen LogP contribution in [0.25, 0.3) is 11.2 Å². The second kappa shape index (κ2) is 11.6. The summed E-state index contributed by atoms with van der Waals surface area (Å²) in [4.78, 5) is 53.6.